The van der Waals surface area contributed by atoms with Gasteiger partial charge in [-0.2, -0.15) is 4.58 Å². The number of carboxylic acid groups (broad SMARTS) is 1. The zero-order valence-electron chi connectivity index (χ0n) is 15.0. The zero-order chi connectivity index (χ0) is 17.0. The fraction of sp³-hybridized carbons (Fsp3) is 0.600. The molecule has 0 atom stereocenters. The lowest BCUT2D eigenvalue weighted by Crippen LogP contribution is -2.26. The van der Waals surface area contributed by atoms with Crippen LogP contribution >= 0.6 is 0 Å². The van der Waals surface area contributed by atoms with Gasteiger partial charge in [0.25, 0.3) is 0 Å². The third-order valence-corrected chi connectivity index (χ3v) is 5.25. The van der Waals surface area contributed by atoms with Crippen LogP contribution in [-0.2, 0) is 5.41 Å². The predicted octanol–water partition coefficient (Wildman–Crippen LogP) is 5.14. The van der Waals surface area contributed by atoms with Gasteiger partial charge in [0.15, 0.2) is 5.71 Å². The summed E-state index contributed by atoms with van der Waals surface area (Å²) in [5.74, 6) is -0.851. The first-order chi connectivity index (χ1) is 10.9. The molecule has 0 radical (unpaired) electrons. The number of unbranched alkanes of at least 4 members (excludes halogenated alkanes) is 5. The molecule has 1 heterocycles. The molecule has 2 rings (SSSR count). The summed E-state index contributed by atoms with van der Waals surface area (Å²) in [5.41, 5.74) is 3.93. The van der Waals surface area contributed by atoms with E-state index in [-0.39, 0.29) is 5.41 Å². The smallest absolute Gasteiger partial charge is 0.335 e. The van der Waals surface area contributed by atoms with Gasteiger partial charge in [0.2, 0.25) is 5.69 Å². The summed E-state index contributed by atoms with van der Waals surface area (Å²) in [5, 5.41) is 9.24. The van der Waals surface area contributed by atoms with Crippen LogP contribution < -0.4 is 0 Å². The number of nitrogens with zero attached hydrogens (tertiary/aromatic N) is 1. The van der Waals surface area contributed by atoms with E-state index in [9.17, 15) is 9.90 Å². The molecule has 0 bridgehead atoms. The van der Waals surface area contributed by atoms with Gasteiger partial charge in [-0.25, -0.2) is 4.79 Å². The Kier molecular flexibility index (Phi) is 5.61. The van der Waals surface area contributed by atoms with Crippen molar-refractivity contribution in [3.05, 3.63) is 29.3 Å². The minimum Gasteiger partial charge on any atom is -0.478 e. The summed E-state index contributed by atoms with van der Waals surface area (Å²) >= 11 is 0. The maximum absolute atomic E-state index is 11.3. The Balaban J connectivity index is 2.12. The lowest BCUT2D eigenvalue weighted by atomic mass is 9.81. The summed E-state index contributed by atoms with van der Waals surface area (Å²) in [6, 6.07) is 5.56. The molecule has 1 N–H and O–H groups in total. The van der Waals surface area contributed by atoms with Gasteiger partial charge >= 0.3 is 5.97 Å². The fourth-order valence-electron chi connectivity index (χ4n) is 3.46. The quantitative estimate of drug-likeness (QED) is 0.533. The number of fused-ring (bicyclic) bond motifs is 1. The molecule has 1 aromatic rings. The summed E-state index contributed by atoms with van der Waals surface area (Å²) < 4.78 is 2.39. The van der Waals surface area contributed by atoms with E-state index in [0.717, 1.165) is 12.1 Å². The van der Waals surface area contributed by atoms with Gasteiger partial charge in [-0.15, -0.1) is 0 Å². The molecule has 3 nitrogen and oxygen atoms in total. The van der Waals surface area contributed by atoms with Gasteiger partial charge in [0.1, 0.15) is 6.54 Å². The van der Waals surface area contributed by atoms with Crippen LogP contribution in [0.3, 0.4) is 0 Å². The van der Waals surface area contributed by atoms with Crippen molar-refractivity contribution < 1.29 is 14.5 Å². The molecule has 1 aromatic carbocycles. The fourth-order valence-corrected chi connectivity index (χ4v) is 3.46. The highest BCUT2D eigenvalue weighted by Gasteiger charge is 2.43. The molecule has 0 unspecified atom stereocenters. The van der Waals surface area contributed by atoms with Crippen LogP contribution in [0.25, 0.3) is 0 Å². The monoisotopic (exact) mass is 316 g/mol. The number of carbonyl (C=O) groups is 1. The highest BCUT2D eigenvalue weighted by Crippen LogP contribution is 2.40. The van der Waals surface area contributed by atoms with Crippen LogP contribution in [0, 0.1) is 0 Å². The molecule has 0 aromatic heterocycles. The summed E-state index contributed by atoms with van der Waals surface area (Å²) in [7, 11) is 0. The molecule has 0 amide bonds. The number of benzene rings is 1. The number of aromatic carboxylic acids is 1. The minimum absolute atomic E-state index is 0.0942. The van der Waals surface area contributed by atoms with Crippen LogP contribution in [0.2, 0.25) is 0 Å². The van der Waals surface area contributed by atoms with E-state index >= 15 is 0 Å². The first kappa shape index (κ1) is 17.7. The van der Waals surface area contributed by atoms with Crippen molar-refractivity contribution in [2.75, 3.05) is 6.54 Å². The highest BCUT2D eigenvalue weighted by molar-refractivity contribution is 5.95. The van der Waals surface area contributed by atoms with E-state index in [1.165, 1.54) is 49.9 Å². The second-order valence-electron chi connectivity index (χ2n) is 7.17. The standard InChI is InChI=1S/C20H29NO2/c1-5-6-7-8-9-10-13-21-15(2)20(3,4)17-14-16(19(22)23)11-12-18(17)21/h11-12,14H,5-10,13H2,1-4H3/p+1. The number of rotatable bonds is 8. The molecule has 0 saturated carbocycles. The van der Waals surface area contributed by atoms with E-state index in [1.54, 1.807) is 6.07 Å². The summed E-state index contributed by atoms with van der Waals surface area (Å²) in [6.07, 6.45) is 7.73. The molecular formula is C20H30NO2+. The van der Waals surface area contributed by atoms with E-state index in [1.807, 2.05) is 12.1 Å². The molecule has 3 heteroatoms. The van der Waals surface area contributed by atoms with Gasteiger partial charge in [-0.3, -0.25) is 0 Å². The average molecular weight is 316 g/mol. The van der Waals surface area contributed by atoms with Crippen molar-refractivity contribution in [1.82, 2.24) is 0 Å². The van der Waals surface area contributed by atoms with Crippen molar-refractivity contribution in [2.24, 2.45) is 0 Å². The third kappa shape index (κ3) is 3.65. The zero-order valence-corrected chi connectivity index (χ0v) is 15.0. The maximum Gasteiger partial charge on any atom is 0.335 e. The first-order valence-corrected chi connectivity index (χ1v) is 8.89. The van der Waals surface area contributed by atoms with Crippen LogP contribution in [0.4, 0.5) is 5.69 Å². The van der Waals surface area contributed by atoms with Crippen molar-refractivity contribution in [3.63, 3.8) is 0 Å². The molecule has 1 aliphatic heterocycles. The molecule has 0 saturated heterocycles. The Bertz CT molecular complexity index is 614. The van der Waals surface area contributed by atoms with E-state index in [2.05, 4.69) is 32.3 Å². The summed E-state index contributed by atoms with van der Waals surface area (Å²) in [6.45, 7) is 9.83. The molecule has 0 aliphatic carbocycles. The number of hydrogen-bond acceptors (Lipinski definition) is 1. The SMILES string of the molecule is CCCCCCCC[N+]1=C(C)C(C)(C)c2cc(C(=O)O)ccc21. The molecule has 0 fully saturated rings. The van der Waals surface area contributed by atoms with Gasteiger partial charge in [0.05, 0.1) is 11.0 Å². The van der Waals surface area contributed by atoms with Gasteiger partial charge in [0, 0.05) is 25.0 Å². The van der Waals surface area contributed by atoms with E-state index < -0.39 is 5.97 Å². The van der Waals surface area contributed by atoms with Crippen molar-refractivity contribution in [1.29, 1.82) is 0 Å². The molecule has 1 aliphatic rings. The van der Waals surface area contributed by atoms with Crippen LogP contribution in [-0.4, -0.2) is 27.9 Å². The second-order valence-corrected chi connectivity index (χ2v) is 7.17. The molecule has 0 spiro atoms. The van der Waals surface area contributed by atoms with Gasteiger partial charge < -0.3 is 5.11 Å². The normalized spacial score (nSPS) is 15.8. The molecular weight excluding hydrogens is 286 g/mol. The highest BCUT2D eigenvalue weighted by atomic mass is 16.4. The first-order valence-electron chi connectivity index (χ1n) is 8.89. The third-order valence-electron chi connectivity index (χ3n) is 5.25. The van der Waals surface area contributed by atoms with Crippen LogP contribution in [0.5, 0.6) is 0 Å². The number of hydrogen-bond donors (Lipinski definition) is 1. The Morgan fingerprint density at radius 3 is 2.43 bits per heavy atom. The molecule has 23 heavy (non-hydrogen) atoms. The van der Waals surface area contributed by atoms with Gasteiger partial charge in [-0.05, 0) is 32.4 Å². The molecule has 126 valence electrons. The topological polar surface area (TPSA) is 40.3 Å². The van der Waals surface area contributed by atoms with Crippen molar-refractivity contribution >= 4 is 17.4 Å². The largest absolute Gasteiger partial charge is 0.478 e. The van der Waals surface area contributed by atoms with Crippen LogP contribution in [0.1, 0.15) is 82.1 Å². The van der Waals surface area contributed by atoms with E-state index in [0.29, 0.717) is 5.56 Å². The Morgan fingerprint density at radius 1 is 1.13 bits per heavy atom. The van der Waals surface area contributed by atoms with E-state index in [4.69, 9.17) is 0 Å². The van der Waals surface area contributed by atoms with Gasteiger partial charge in [-0.1, -0.05) is 32.6 Å². The lowest BCUT2D eigenvalue weighted by Gasteiger charge is -2.15. The average Bonchev–Trinajstić information content (AvgIpc) is 2.71. The van der Waals surface area contributed by atoms with Crippen molar-refractivity contribution in [3.8, 4) is 0 Å². The second kappa shape index (κ2) is 7.29. The summed E-state index contributed by atoms with van der Waals surface area (Å²) in [4.78, 5) is 11.3. The number of carboxylic acids is 1. The predicted molar refractivity (Wildman–Crippen MR) is 95.3 cm³/mol. The van der Waals surface area contributed by atoms with Crippen molar-refractivity contribution in [2.45, 2.75) is 71.6 Å². The Hall–Kier alpha value is -1.64. The minimum atomic E-state index is -0.851. The lowest BCUT2D eigenvalue weighted by molar-refractivity contribution is -0.439. The Labute approximate surface area is 140 Å². The maximum atomic E-state index is 11.3. The van der Waals surface area contributed by atoms with Crippen LogP contribution in [0.15, 0.2) is 18.2 Å². The Morgan fingerprint density at radius 2 is 1.78 bits per heavy atom.